The zero-order valence-electron chi connectivity index (χ0n) is 19.6. The lowest BCUT2D eigenvalue weighted by Gasteiger charge is -2.17. The highest BCUT2D eigenvalue weighted by atomic mass is 19.4. The molecule has 1 N–H and O–H groups in total. The second-order valence-electron chi connectivity index (χ2n) is 9.47. The van der Waals surface area contributed by atoms with Crippen LogP contribution in [0.5, 0.6) is 0 Å². The Morgan fingerprint density at radius 2 is 1.82 bits per heavy atom. The van der Waals surface area contributed by atoms with Crippen molar-refractivity contribution in [3.63, 3.8) is 0 Å². The van der Waals surface area contributed by atoms with Crippen LogP contribution in [0, 0.1) is 6.92 Å². The number of aromatic amines is 1. The van der Waals surface area contributed by atoms with Gasteiger partial charge in [0.05, 0.1) is 11.3 Å². The van der Waals surface area contributed by atoms with E-state index in [2.05, 4.69) is 48.6 Å². The van der Waals surface area contributed by atoms with Crippen molar-refractivity contribution in [2.75, 3.05) is 0 Å². The molecule has 1 saturated carbocycles. The van der Waals surface area contributed by atoms with Crippen LogP contribution in [0.1, 0.15) is 85.0 Å². The molecule has 2 aromatic heterocycles. The first kappa shape index (κ1) is 23.6. The number of H-pyrrole nitrogens is 1. The molecule has 2 nitrogen and oxygen atoms in total. The van der Waals surface area contributed by atoms with Crippen LogP contribution in [0.3, 0.4) is 0 Å². The predicted octanol–water partition coefficient (Wildman–Crippen LogP) is 8.23. The maximum atomic E-state index is 13.8. The Bertz CT molecular complexity index is 1130. The molecule has 0 bridgehead atoms. The third-order valence-electron chi connectivity index (χ3n) is 7.18. The lowest BCUT2D eigenvalue weighted by atomic mass is 9.95. The Kier molecular flexibility index (Phi) is 6.96. The Hall–Kier alpha value is -2.56. The van der Waals surface area contributed by atoms with Gasteiger partial charge in [-0.25, -0.2) is 0 Å². The molecule has 33 heavy (non-hydrogen) atoms. The van der Waals surface area contributed by atoms with E-state index in [1.54, 1.807) is 6.20 Å². The zero-order valence-corrected chi connectivity index (χ0v) is 19.6. The number of hydrogen-bond acceptors (Lipinski definition) is 1. The van der Waals surface area contributed by atoms with E-state index >= 15 is 0 Å². The molecule has 2 heterocycles. The second-order valence-corrected chi connectivity index (χ2v) is 9.47. The van der Waals surface area contributed by atoms with Gasteiger partial charge < -0.3 is 4.98 Å². The minimum absolute atomic E-state index is 0.0571. The van der Waals surface area contributed by atoms with Crippen molar-refractivity contribution in [2.24, 2.45) is 0 Å². The number of allylic oxidation sites excluding steroid dienone is 1. The number of nitrogens with zero attached hydrogens (tertiary/aromatic N) is 1. The van der Waals surface area contributed by atoms with Gasteiger partial charge in [0.25, 0.3) is 0 Å². The maximum Gasteiger partial charge on any atom is 0.418 e. The molecule has 0 saturated heterocycles. The number of pyridine rings is 1. The van der Waals surface area contributed by atoms with Gasteiger partial charge in [0.2, 0.25) is 0 Å². The summed E-state index contributed by atoms with van der Waals surface area (Å²) >= 11 is 0. The predicted molar refractivity (Wildman–Crippen MR) is 129 cm³/mol. The lowest BCUT2D eigenvalue weighted by molar-refractivity contribution is -0.138. The first-order chi connectivity index (χ1) is 15.8. The molecule has 0 radical (unpaired) electrons. The first-order valence-corrected chi connectivity index (χ1v) is 12.1. The van der Waals surface area contributed by atoms with Crippen molar-refractivity contribution < 1.29 is 13.2 Å². The molecule has 5 heteroatoms. The van der Waals surface area contributed by atoms with Gasteiger partial charge in [0.15, 0.2) is 0 Å². The van der Waals surface area contributed by atoms with Crippen LogP contribution in [0.25, 0.3) is 10.9 Å². The van der Waals surface area contributed by atoms with Crippen molar-refractivity contribution >= 4 is 10.9 Å². The number of nitrogens with one attached hydrogen (secondary N) is 1. The monoisotopic (exact) mass is 454 g/mol. The summed E-state index contributed by atoms with van der Waals surface area (Å²) in [4.78, 5) is 7.84. The molecule has 0 aliphatic heterocycles. The molecule has 3 aromatic rings. The SMILES string of the molecule is C=C(CC)CCc1[nH]c2ccc(CCc3cnc(C4CCCC4)c(C(F)(F)F)c3)cc2c1C. The van der Waals surface area contributed by atoms with Gasteiger partial charge >= 0.3 is 6.18 Å². The molecule has 176 valence electrons. The van der Waals surface area contributed by atoms with E-state index in [-0.39, 0.29) is 11.6 Å². The molecule has 0 unspecified atom stereocenters. The van der Waals surface area contributed by atoms with Gasteiger partial charge in [-0.05, 0) is 86.8 Å². The first-order valence-electron chi connectivity index (χ1n) is 12.1. The number of benzene rings is 1. The average Bonchev–Trinajstić information content (AvgIpc) is 3.44. The van der Waals surface area contributed by atoms with Crippen molar-refractivity contribution in [3.05, 3.63) is 76.3 Å². The quantitative estimate of drug-likeness (QED) is 0.341. The Morgan fingerprint density at radius 3 is 2.52 bits per heavy atom. The summed E-state index contributed by atoms with van der Waals surface area (Å²) in [7, 11) is 0. The zero-order chi connectivity index (χ0) is 23.6. The van der Waals surface area contributed by atoms with Crippen LogP contribution >= 0.6 is 0 Å². The van der Waals surface area contributed by atoms with Crippen LogP contribution in [0.4, 0.5) is 13.2 Å². The number of alkyl halides is 3. The number of halogens is 3. The van der Waals surface area contributed by atoms with E-state index in [0.717, 1.165) is 56.0 Å². The van der Waals surface area contributed by atoms with Gasteiger partial charge in [-0.3, -0.25) is 4.98 Å². The van der Waals surface area contributed by atoms with Crippen molar-refractivity contribution in [3.8, 4) is 0 Å². The Balaban J connectivity index is 1.51. The molecule has 0 amide bonds. The van der Waals surface area contributed by atoms with Gasteiger partial charge in [0, 0.05) is 28.7 Å². The number of aromatic nitrogens is 2. The highest BCUT2D eigenvalue weighted by molar-refractivity contribution is 5.85. The molecular formula is C28H33F3N2. The summed E-state index contributed by atoms with van der Waals surface area (Å²) in [6, 6.07) is 7.65. The minimum atomic E-state index is -4.36. The fraction of sp³-hybridized carbons (Fsp3) is 0.464. The average molecular weight is 455 g/mol. The summed E-state index contributed by atoms with van der Waals surface area (Å²) in [5.41, 5.74) is 6.32. The van der Waals surface area contributed by atoms with Gasteiger partial charge in [-0.1, -0.05) is 38.0 Å². The van der Waals surface area contributed by atoms with Crippen LogP contribution in [-0.4, -0.2) is 9.97 Å². The number of hydrogen-bond donors (Lipinski definition) is 1. The Labute approximate surface area is 194 Å². The van der Waals surface area contributed by atoms with E-state index in [1.165, 1.54) is 28.3 Å². The highest BCUT2D eigenvalue weighted by Crippen LogP contribution is 2.40. The van der Waals surface area contributed by atoms with Crippen molar-refractivity contribution in [1.29, 1.82) is 0 Å². The minimum Gasteiger partial charge on any atom is -0.358 e. The topological polar surface area (TPSA) is 28.7 Å². The summed E-state index contributed by atoms with van der Waals surface area (Å²) in [6.07, 6.45) is 5.02. The number of aryl methyl sites for hydroxylation is 4. The molecule has 1 aliphatic rings. The summed E-state index contributed by atoms with van der Waals surface area (Å²) < 4.78 is 41.3. The summed E-state index contributed by atoms with van der Waals surface area (Å²) in [5, 5.41) is 1.19. The van der Waals surface area contributed by atoms with Crippen LogP contribution in [-0.2, 0) is 25.4 Å². The van der Waals surface area contributed by atoms with E-state index < -0.39 is 11.7 Å². The summed E-state index contributed by atoms with van der Waals surface area (Å²) in [5.74, 6) is -0.0571. The standard InChI is InChI=1S/C28H33F3N2/c1-4-18(2)9-13-25-19(3)23-15-20(12-14-26(23)33-25)10-11-21-16-24(28(29,30)31)27(32-17-21)22-7-5-6-8-22/h12,14-17,22,33H,2,4-11,13H2,1,3H3. The highest BCUT2D eigenvalue weighted by Gasteiger charge is 2.37. The van der Waals surface area contributed by atoms with E-state index in [0.29, 0.717) is 18.4 Å². The van der Waals surface area contributed by atoms with Crippen LogP contribution < -0.4 is 0 Å². The molecule has 1 aromatic carbocycles. The number of fused-ring (bicyclic) bond motifs is 1. The molecular weight excluding hydrogens is 421 g/mol. The molecule has 1 fully saturated rings. The molecule has 1 aliphatic carbocycles. The van der Waals surface area contributed by atoms with Gasteiger partial charge in [0.1, 0.15) is 0 Å². The van der Waals surface area contributed by atoms with Gasteiger partial charge in [-0.2, -0.15) is 13.2 Å². The smallest absolute Gasteiger partial charge is 0.358 e. The fourth-order valence-corrected chi connectivity index (χ4v) is 5.01. The van der Waals surface area contributed by atoms with Crippen molar-refractivity contribution in [2.45, 2.75) is 83.7 Å². The largest absolute Gasteiger partial charge is 0.418 e. The lowest BCUT2D eigenvalue weighted by Crippen LogP contribution is -2.14. The third kappa shape index (κ3) is 5.34. The molecule has 4 rings (SSSR count). The third-order valence-corrected chi connectivity index (χ3v) is 7.18. The maximum absolute atomic E-state index is 13.8. The molecule has 0 spiro atoms. The van der Waals surface area contributed by atoms with Crippen LogP contribution in [0.2, 0.25) is 0 Å². The van der Waals surface area contributed by atoms with E-state index in [4.69, 9.17) is 0 Å². The fourth-order valence-electron chi connectivity index (χ4n) is 5.01. The Morgan fingerprint density at radius 1 is 1.09 bits per heavy atom. The van der Waals surface area contributed by atoms with Crippen molar-refractivity contribution in [1.82, 2.24) is 9.97 Å². The number of rotatable bonds is 8. The molecule has 0 atom stereocenters. The van der Waals surface area contributed by atoms with E-state index in [1.807, 2.05) is 0 Å². The van der Waals surface area contributed by atoms with E-state index in [9.17, 15) is 13.2 Å². The second kappa shape index (κ2) is 9.74. The normalized spacial score (nSPS) is 14.9. The van der Waals surface area contributed by atoms with Crippen LogP contribution in [0.15, 0.2) is 42.6 Å². The van der Waals surface area contributed by atoms with Gasteiger partial charge in [-0.15, -0.1) is 0 Å². The summed E-state index contributed by atoms with van der Waals surface area (Å²) in [6.45, 7) is 8.36.